The van der Waals surface area contributed by atoms with Gasteiger partial charge in [0.1, 0.15) is 22.9 Å². The zero-order valence-electron chi connectivity index (χ0n) is 26.4. The van der Waals surface area contributed by atoms with Crippen LogP contribution in [0.25, 0.3) is 33.8 Å². The maximum atomic E-state index is 12.5. The number of pyridine rings is 2. The van der Waals surface area contributed by atoms with Gasteiger partial charge in [-0.2, -0.15) is 0 Å². The Morgan fingerprint density at radius 2 is 0.913 bits per heavy atom. The highest BCUT2D eigenvalue weighted by Gasteiger charge is 2.25. The molecule has 6 rings (SSSR count). The number of hydrogen-bond acceptors (Lipinski definition) is 6. The molecule has 236 valence electrons. The number of hydrogen-bond donors (Lipinski definition) is 0. The van der Waals surface area contributed by atoms with Crippen molar-refractivity contribution in [1.82, 2.24) is 18.8 Å². The third kappa shape index (κ3) is 7.58. The lowest BCUT2D eigenvalue weighted by Crippen LogP contribution is -2.24. The molecular weight excluding hydrogens is 623 g/mol. The van der Waals surface area contributed by atoms with Gasteiger partial charge in [0.05, 0.1) is 11.0 Å². The number of aromatic nitrogens is 4. The molecule has 0 N–H and O–H groups in total. The predicted molar refractivity (Wildman–Crippen MR) is 182 cm³/mol. The van der Waals surface area contributed by atoms with Gasteiger partial charge in [-0.15, -0.1) is 0 Å². The van der Waals surface area contributed by atoms with E-state index in [-0.39, 0.29) is 0 Å². The number of carbonyl (C=O) groups is 2. The van der Waals surface area contributed by atoms with Crippen LogP contribution in [0.2, 0.25) is 10.0 Å². The summed E-state index contributed by atoms with van der Waals surface area (Å²) in [6, 6.07) is 26.0. The first-order valence-corrected chi connectivity index (χ1v) is 15.4. The van der Waals surface area contributed by atoms with E-state index in [9.17, 15) is 9.59 Å². The lowest BCUT2D eigenvalue weighted by molar-refractivity contribution is 0.00534. The largest absolute Gasteiger partial charge is 0.455 e. The first-order chi connectivity index (χ1) is 21.7. The van der Waals surface area contributed by atoms with Gasteiger partial charge in [0.15, 0.2) is 11.4 Å². The van der Waals surface area contributed by atoms with Gasteiger partial charge in [0.25, 0.3) is 0 Å². The molecule has 6 aromatic rings. The number of fused-ring (bicyclic) bond motifs is 2. The Morgan fingerprint density at radius 3 is 1.24 bits per heavy atom. The van der Waals surface area contributed by atoms with E-state index >= 15 is 0 Å². The highest BCUT2D eigenvalue weighted by atomic mass is 35.5. The van der Waals surface area contributed by atoms with E-state index in [1.54, 1.807) is 24.3 Å². The second kappa shape index (κ2) is 13.0. The lowest BCUT2D eigenvalue weighted by Gasteiger charge is -2.18. The Kier molecular flexibility index (Phi) is 9.24. The van der Waals surface area contributed by atoms with Crippen LogP contribution in [-0.4, -0.2) is 41.9 Å². The molecule has 0 saturated carbocycles. The van der Waals surface area contributed by atoms with E-state index in [0.717, 1.165) is 11.1 Å². The molecule has 0 unspecified atom stereocenters. The van der Waals surface area contributed by atoms with Gasteiger partial charge < -0.3 is 9.47 Å². The fourth-order valence-corrected chi connectivity index (χ4v) is 4.89. The minimum atomic E-state index is -0.567. The van der Waals surface area contributed by atoms with Crippen LogP contribution in [0.1, 0.15) is 62.5 Å². The van der Waals surface area contributed by atoms with Gasteiger partial charge in [-0.25, -0.2) is 19.6 Å². The van der Waals surface area contributed by atoms with Crippen LogP contribution in [0, 0.1) is 0 Å². The Morgan fingerprint density at radius 1 is 0.565 bits per heavy atom. The van der Waals surface area contributed by atoms with Gasteiger partial charge in [-0.05, 0) is 114 Å². The molecule has 0 aliphatic heterocycles. The summed E-state index contributed by atoms with van der Waals surface area (Å²) in [5.74, 6) is 0.499. The molecule has 0 aliphatic carbocycles. The SMILES string of the molecule is CC(C)(C)OC(=O)c1nc(-c2ccc(Cl)cc2)n2ccccc12.CC(C)(C)OC(=O)c1nc(-c2ccc(Cl)cc2)n2ccccc12. The van der Waals surface area contributed by atoms with E-state index in [2.05, 4.69) is 9.97 Å². The molecule has 0 spiro atoms. The number of imidazole rings is 2. The van der Waals surface area contributed by atoms with Gasteiger partial charge in [-0.3, -0.25) is 8.80 Å². The standard InChI is InChI=1S/2C18H17ClN2O2/c2*1-18(2,3)23-17(22)15-14-6-4-5-11-21(14)16(20-15)12-7-9-13(19)10-8-12/h2*4-11H,1-3H3. The molecule has 0 aliphatic rings. The third-order valence-corrected chi connectivity index (χ3v) is 6.99. The summed E-state index contributed by atoms with van der Waals surface area (Å²) >= 11 is 11.9. The van der Waals surface area contributed by atoms with Crippen molar-refractivity contribution in [2.75, 3.05) is 0 Å². The Balaban J connectivity index is 0.000000181. The highest BCUT2D eigenvalue weighted by molar-refractivity contribution is 6.30. The second-order valence-corrected chi connectivity index (χ2v) is 13.4. The maximum absolute atomic E-state index is 12.5. The van der Waals surface area contributed by atoms with Crippen molar-refractivity contribution < 1.29 is 19.1 Å². The van der Waals surface area contributed by atoms with Crippen molar-refractivity contribution in [3.8, 4) is 22.8 Å². The predicted octanol–water partition coefficient (Wildman–Crippen LogP) is 9.22. The van der Waals surface area contributed by atoms with Crippen LogP contribution in [0.4, 0.5) is 0 Å². The van der Waals surface area contributed by atoms with E-state index in [0.29, 0.717) is 44.1 Å². The summed E-state index contributed by atoms with van der Waals surface area (Å²) in [5, 5.41) is 1.31. The van der Waals surface area contributed by atoms with Crippen LogP contribution in [0.3, 0.4) is 0 Å². The van der Waals surface area contributed by atoms with Gasteiger partial charge >= 0.3 is 11.9 Å². The van der Waals surface area contributed by atoms with Crippen LogP contribution in [0.5, 0.6) is 0 Å². The van der Waals surface area contributed by atoms with Crippen molar-refractivity contribution in [3.63, 3.8) is 0 Å². The van der Waals surface area contributed by atoms with Gasteiger partial charge in [0.2, 0.25) is 0 Å². The third-order valence-electron chi connectivity index (χ3n) is 6.49. The molecule has 10 heteroatoms. The molecule has 8 nitrogen and oxygen atoms in total. The molecule has 0 bridgehead atoms. The average molecular weight is 658 g/mol. The number of carbonyl (C=O) groups excluding carboxylic acids is 2. The molecule has 0 atom stereocenters. The monoisotopic (exact) mass is 656 g/mol. The van der Waals surface area contributed by atoms with Crippen molar-refractivity contribution in [2.45, 2.75) is 52.7 Å². The van der Waals surface area contributed by atoms with Crippen LogP contribution in [0.15, 0.2) is 97.3 Å². The quantitative estimate of drug-likeness (QED) is 0.176. The van der Waals surface area contributed by atoms with E-state index in [4.69, 9.17) is 32.7 Å². The van der Waals surface area contributed by atoms with Crippen molar-refractivity contribution in [2.24, 2.45) is 0 Å². The Labute approximate surface area is 277 Å². The maximum Gasteiger partial charge on any atom is 0.359 e. The smallest absolute Gasteiger partial charge is 0.359 e. The van der Waals surface area contributed by atoms with E-state index < -0.39 is 23.1 Å². The number of benzene rings is 2. The zero-order valence-corrected chi connectivity index (χ0v) is 27.9. The zero-order chi connectivity index (χ0) is 33.2. The molecule has 4 heterocycles. The number of rotatable bonds is 4. The topological polar surface area (TPSA) is 87.2 Å². The molecule has 0 saturated heterocycles. The second-order valence-electron chi connectivity index (χ2n) is 12.5. The average Bonchev–Trinajstić information content (AvgIpc) is 3.57. The summed E-state index contributed by atoms with van der Waals surface area (Å²) in [6.45, 7) is 11.0. The van der Waals surface area contributed by atoms with Crippen LogP contribution < -0.4 is 0 Å². The van der Waals surface area contributed by atoms with Gasteiger partial charge in [-0.1, -0.05) is 35.3 Å². The summed E-state index contributed by atoms with van der Waals surface area (Å²) in [4.78, 5) is 33.9. The van der Waals surface area contributed by atoms with E-state index in [1.807, 2.05) is 123 Å². The van der Waals surface area contributed by atoms with Crippen LogP contribution >= 0.6 is 23.2 Å². The Hall–Kier alpha value is -4.66. The number of nitrogens with zero attached hydrogens (tertiary/aromatic N) is 4. The fourth-order valence-electron chi connectivity index (χ4n) is 4.63. The summed E-state index contributed by atoms with van der Waals surface area (Å²) in [6.07, 6.45) is 3.75. The Bertz CT molecular complexity index is 1870. The summed E-state index contributed by atoms with van der Waals surface area (Å²) in [5.41, 5.74) is 2.68. The first kappa shape index (κ1) is 32.7. The molecular formula is C36H34Cl2N4O4. The minimum absolute atomic E-state index is 0.311. The van der Waals surface area contributed by atoms with Crippen LogP contribution in [-0.2, 0) is 9.47 Å². The molecule has 46 heavy (non-hydrogen) atoms. The summed E-state index contributed by atoms with van der Waals surface area (Å²) in [7, 11) is 0. The molecule has 0 amide bonds. The molecule has 2 aromatic carbocycles. The van der Waals surface area contributed by atoms with Crippen molar-refractivity contribution >= 4 is 46.2 Å². The number of esters is 2. The fraction of sp³-hybridized carbons (Fsp3) is 0.222. The highest BCUT2D eigenvalue weighted by Crippen LogP contribution is 2.27. The molecule has 0 fully saturated rings. The summed E-state index contributed by atoms with van der Waals surface area (Å²) < 4.78 is 14.7. The molecule has 0 radical (unpaired) electrons. The number of halogens is 2. The first-order valence-electron chi connectivity index (χ1n) is 14.6. The number of ether oxygens (including phenoxy) is 2. The van der Waals surface area contributed by atoms with Crippen molar-refractivity contribution in [1.29, 1.82) is 0 Å². The van der Waals surface area contributed by atoms with Crippen molar-refractivity contribution in [3.05, 3.63) is 119 Å². The normalized spacial score (nSPS) is 11.7. The molecule has 4 aromatic heterocycles. The minimum Gasteiger partial charge on any atom is -0.455 e. The van der Waals surface area contributed by atoms with Gasteiger partial charge in [0, 0.05) is 33.6 Å². The lowest BCUT2D eigenvalue weighted by atomic mass is 10.2. The van der Waals surface area contributed by atoms with E-state index in [1.165, 1.54) is 0 Å².